The summed E-state index contributed by atoms with van der Waals surface area (Å²) in [5.74, 6) is 0.329. The monoisotopic (exact) mass is 421 g/mol. The molecule has 0 aliphatic carbocycles. The Hall–Kier alpha value is -2.03. The molecule has 5 nitrogen and oxygen atoms in total. The van der Waals surface area contributed by atoms with E-state index in [4.69, 9.17) is 0 Å². The molecule has 0 spiro atoms. The van der Waals surface area contributed by atoms with Gasteiger partial charge in [-0.25, -0.2) is 9.07 Å². The molecule has 2 aromatic carbocycles. The standard InChI is InChI=1S/C16H13FIN5/c17-13-4-2-1-3-12(13)15-9-14(10-5-7-11(18)8-6-10)19-16-20-21-22-23(15)16/h1-8,14-15H,9H2,(H,19,20,22). The van der Waals surface area contributed by atoms with Crippen LogP contribution in [0, 0.1) is 9.39 Å². The Labute approximate surface area is 146 Å². The first-order valence-electron chi connectivity index (χ1n) is 7.26. The summed E-state index contributed by atoms with van der Waals surface area (Å²) in [4.78, 5) is 0. The number of aromatic nitrogens is 4. The molecule has 1 aliphatic heterocycles. The summed E-state index contributed by atoms with van der Waals surface area (Å²) in [5.41, 5.74) is 1.75. The molecule has 1 N–H and O–H groups in total. The number of rotatable bonds is 2. The van der Waals surface area contributed by atoms with Gasteiger partial charge in [0, 0.05) is 9.13 Å². The Morgan fingerprint density at radius 2 is 1.91 bits per heavy atom. The van der Waals surface area contributed by atoms with E-state index in [0.29, 0.717) is 17.9 Å². The molecule has 4 rings (SSSR count). The molecule has 2 unspecified atom stereocenters. The fourth-order valence-corrected chi connectivity index (χ4v) is 3.31. The molecule has 116 valence electrons. The van der Waals surface area contributed by atoms with Gasteiger partial charge >= 0.3 is 0 Å². The van der Waals surface area contributed by atoms with Crippen molar-refractivity contribution < 1.29 is 4.39 Å². The Kier molecular flexibility index (Phi) is 3.72. The maximum Gasteiger partial charge on any atom is 0.243 e. The highest BCUT2D eigenvalue weighted by atomic mass is 127. The normalized spacial score (nSPS) is 19.9. The SMILES string of the molecule is Fc1ccccc1C1CC(c2ccc(I)cc2)Nc2nnnn21. The second kappa shape index (κ2) is 5.88. The first-order valence-corrected chi connectivity index (χ1v) is 8.34. The van der Waals surface area contributed by atoms with Gasteiger partial charge in [0.25, 0.3) is 0 Å². The predicted octanol–water partition coefficient (Wildman–Crippen LogP) is 3.56. The summed E-state index contributed by atoms with van der Waals surface area (Å²) in [6.45, 7) is 0. The molecule has 0 amide bonds. The van der Waals surface area contributed by atoms with Crippen molar-refractivity contribution in [3.8, 4) is 0 Å². The Bertz CT molecular complexity index is 832. The van der Waals surface area contributed by atoms with Gasteiger partial charge in [0.1, 0.15) is 5.82 Å². The summed E-state index contributed by atoms with van der Waals surface area (Å²) >= 11 is 2.28. The molecule has 1 aromatic heterocycles. The lowest BCUT2D eigenvalue weighted by atomic mass is 9.93. The van der Waals surface area contributed by atoms with Crippen LogP contribution in [0.25, 0.3) is 0 Å². The molecular weight excluding hydrogens is 408 g/mol. The van der Waals surface area contributed by atoms with Crippen molar-refractivity contribution in [3.05, 3.63) is 69.0 Å². The molecular formula is C16H13FIN5. The van der Waals surface area contributed by atoms with Crippen molar-refractivity contribution in [2.75, 3.05) is 5.32 Å². The van der Waals surface area contributed by atoms with Gasteiger partial charge in [0.05, 0.1) is 12.1 Å². The van der Waals surface area contributed by atoms with E-state index in [1.807, 2.05) is 6.07 Å². The van der Waals surface area contributed by atoms with Gasteiger partial charge in [0.15, 0.2) is 0 Å². The molecule has 0 fully saturated rings. The summed E-state index contributed by atoms with van der Waals surface area (Å²) in [6, 6.07) is 14.9. The number of hydrogen-bond donors (Lipinski definition) is 1. The van der Waals surface area contributed by atoms with Crippen LogP contribution in [0.4, 0.5) is 10.3 Å². The number of hydrogen-bond acceptors (Lipinski definition) is 4. The zero-order valence-electron chi connectivity index (χ0n) is 12.0. The van der Waals surface area contributed by atoms with E-state index in [1.165, 1.54) is 9.64 Å². The van der Waals surface area contributed by atoms with Crippen LogP contribution in [-0.4, -0.2) is 20.2 Å². The van der Waals surface area contributed by atoms with E-state index in [0.717, 1.165) is 5.56 Å². The number of halogens is 2. The first-order chi connectivity index (χ1) is 11.2. The van der Waals surface area contributed by atoms with Crippen molar-refractivity contribution >= 4 is 28.5 Å². The third-order valence-corrected chi connectivity index (χ3v) is 4.81. The van der Waals surface area contributed by atoms with Crippen LogP contribution >= 0.6 is 22.6 Å². The van der Waals surface area contributed by atoms with Crippen LogP contribution < -0.4 is 5.32 Å². The van der Waals surface area contributed by atoms with Crippen LogP contribution in [0.15, 0.2) is 48.5 Å². The minimum atomic E-state index is -0.234. The summed E-state index contributed by atoms with van der Waals surface area (Å²) in [7, 11) is 0. The van der Waals surface area contributed by atoms with Crippen molar-refractivity contribution in [1.29, 1.82) is 0 Å². The molecule has 3 aromatic rings. The number of benzene rings is 2. The molecule has 0 saturated carbocycles. The molecule has 0 saturated heterocycles. The Morgan fingerprint density at radius 1 is 1.13 bits per heavy atom. The van der Waals surface area contributed by atoms with E-state index in [2.05, 4.69) is 67.7 Å². The molecule has 23 heavy (non-hydrogen) atoms. The fraction of sp³-hybridized carbons (Fsp3) is 0.188. The maximum atomic E-state index is 14.3. The number of nitrogens with zero attached hydrogens (tertiary/aromatic N) is 4. The van der Waals surface area contributed by atoms with Gasteiger partial charge < -0.3 is 5.32 Å². The smallest absolute Gasteiger partial charge is 0.243 e. The highest BCUT2D eigenvalue weighted by Crippen LogP contribution is 2.37. The highest BCUT2D eigenvalue weighted by Gasteiger charge is 2.31. The molecule has 0 radical (unpaired) electrons. The predicted molar refractivity (Wildman–Crippen MR) is 92.5 cm³/mol. The van der Waals surface area contributed by atoms with E-state index < -0.39 is 0 Å². The average Bonchev–Trinajstić information content (AvgIpc) is 3.04. The number of anilines is 1. The van der Waals surface area contributed by atoms with E-state index >= 15 is 0 Å². The zero-order chi connectivity index (χ0) is 15.8. The van der Waals surface area contributed by atoms with Crippen molar-refractivity contribution in [1.82, 2.24) is 20.2 Å². The van der Waals surface area contributed by atoms with Gasteiger partial charge in [-0.15, -0.1) is 0 Å². The van der Waals surface area contributed by atoms with Gasteiger partial charge in [-0.3, -0.25) is 0 Å². The molecule has 1 aliphatic rings. The van der Waals surface area contributed by atoms with Crippen molar-refractivity contribution in [2.24, 2.45) is 0 Å². The molecule has 0 bridgehead atoms. The maximum absolute atomic E-state index is 14.3. The topological polar surface area (TPSA) is 55.6 Å². The van der Waals surface area contributed by atoms with Gasteiger partial charge in [-0.2, -0.15) is 0 Å². The van der Waals surface area contributed by atoms with Crippen molar-refractivity contribution in [3.63, 3.8) is 0 Å². The van der Waals surface area contributed by atoms with Gasteiger partial charge in [-0.1, -0.05) is 35.4 Å². The average molecular weight is 421 g/mol. The van der Waals surface area contributed by atoms with Crippen LogP contribution in [-0.2, 0) is 0 Å². The van der Waals surface area contributed by atoms with E-state index in [1.54, 1.807) is 16.8 Å². The first kappa shape index (κ1) is 14.6. The minimum Gasteiger partial charge on any atom is -0.346 e. The number of fused-ring (bicyclic) bond motifs is 1. The summed E-state index contributed by atoms with van der Waals surface area (Å²) in [6.07, 6.45) is 0.680. The molecule has 2 atom stereocenters. The van der Waals surface area contributed by atoms with Crippen molar-refractivity contribution in [2.45, 2.75) is 18.5 Å². The quantitative estimate of drug-likeness (QED) is 0.644. The largest absolute Gasteiger partial charge is 0.346 e. The Balaban J connectivity index is 1.75. The summed E-state index contributed by atoms with van der Waals surface area (Å²) in [5, 5.41) is 15.1. The molecule has 7 heteroatoms. The third kappa shape index (κ3) is 2.69. The van der Waals surface area contributed by atoms with Crippen LogP contribution in [0.3, 0.4) is 0 Å². The van der Waals surface area contributed by atoms with Gasteiger partial charge in [-0.05, 0) is 63.2 Å². The van der Waals surface area contributed by atoms with Crippen LogP contribution in [0.5, 0.6) is 0 Å². The van der Waals surface area contributed by atoms with E-state index in [9.17, 15) is 4.39 Å². The third-order valence-electron chi connectivity index (χ3n) is 4.09. The van der Waals surface area contributed by atoms with Gasteiger partial charge in [0.2, 0.25) is 5.95 Å². The Morgan fingerprint density at radius 3 is 2.70 bits per heavy atom. The van der Waals surface area contributed by atoms with E-state index in [-0.39, 0.29) is 17.9 Å². The summed E-state index contributed by atoms with van der Waals surface area (Å²) < 4.78 is 17.1. The highest BCUT2D eigenvalue weighted by molar-refractivity contribution is 14.1. The lowest BCUT2D eigenvalue weighted by Gasteiger charge is -2.31. The lowest BCUT2D eigenvalue weighted by Crippen LogP contribution is -2.28. The second-order valence-corrected chi connectivity index (χ2v) is 6.71. The lowest BCUT2D eigenvalue weighted by molar-refractivity contribution is 0.409. The molecule has 2 heterocycles. The number of nitrogens with one attached hydrogen (secondary N) is 1. The van der Waals surface area contributed by atoms with Crippen LogP contribution in [0.2, 0.25) is 0 Å². The fourth-order valence-electron chi connectivity index (χ4n) is 2.96. The number of tetrazole rings is 1. The zero-order valence-corrected chi connectivity index (χ0v) is 14.2. The second-order valence-electron chi connectivity index (χ2n) is 5.47. The minimum absolute atomic E-state index is 0.0371. The van der Waals surface area contributed by atoms with Crippen LogP contribution in [0.1, 0.15) is 29.6 Å².